The Labute approximate surface area is 82.4 Å². The van der Waals surface area contributed by atoms with Crippen LogP contribution in [0.15, 0.2) is 23.6 Å². The predicted molar refractivity (Wildman–Crippen MR) is 53.7 cm³/mol. The first kappa shape index (κ1) is 8.97. The molecule has 0 atom stereocenters. The molecular weight excluding hydrogens is 182 g/mol. The number of nitrogens with one attached hydrogen (secondary N) is 1. The minimum atomic E-state index is 0.898. The largest absolute Gasteiger partial charge is 0.316 e. The third kappa shape index (κ3) is 2.67. The van der Waals surface area contributed by atoms with Crippen LogP contribution in [-0.4, -0.2) is 28.8 Å². The molecule has 0 saturated carbocycles. The second-order valence-corrected chi connectivity index (χ2v) is 4.32. The molecule has 1 fully saturated rings. The molecule has 0 bridgehead atoms. The van der Waals surface area contributed by atoms with Gasteiger partial charge in [-0.05, 0) is 37.2 Å². The van der Waals surface area contributed by atoms with Gasteiger partial charge in [0.15, 0.2) is 0 Å². The third-order valence-corrected chi connectivity index (χ3v) is 3.17. The second-order valence-electron chi connectivity index (χ2n) is 3.21. The number of rotatable bonds is 4. The average Bonchev–Trinajstić information content (AvgIpc) is 2.11. The quantitative estimate of drug-likeness (QED) is 0.578. The Bertz CT molecular complexity index is 248. The van der Waals surface area contributed by atoms with Crippen LogP contribution in [0.2, 0.25) is 0 Å². The van der Waals surface area contributed by atoms with Gasteiger partial charge < -0.3 is 5.32 Å². The van der Waals surface area contributed by atoms with Crippen molar-refractivity contribution in [2.75, 3.05) is 18.8 Å². The Hall–Kier alpha value is -0.610. The first-order valence-corrected chi connectivity index (χ1v) is 5.53. The highest BCUT2D eigenvalue weighted by molar-refractivity contribution is 7.99. The van der Waals surface area contributed by atoms with Crippen LogP contribution in [0.1, 0.15) is 6.42 Å². The van der Waals surface area contributed by atoms with Crippen LogP contribution in [0.5, 0.6) is 0 Å². The van der Waals surface area contributed by atoms with E-state index in [1.54, 1.807) is 12.5 Å². The highest BCUT2D eigenvalue weighted by Crippen LogP contribution is 2.18. The molecule has 13 heavy (non-hydrogen) atoms. The van der Waals surface area contributed by atoms with E-state index in [-0.39, 0.29) is 0 Å². The van der Waals surface area contributed by atoms with Gasteiger partial charge >= 0.3 is 0 Å². The first-order valence-electron chi connectivity index (χ1n) is 4.54. The summed E-state index contributed by atoms with van der Waals surface area (Å²) >= 11 is 1.82. The standard InChI is InChI=1S/C9H13N3S/c1-3-10-7-12-9(1)13-4-2-8-5-11-6-8/h1,3,7-8,11H,2,4-6H2. The van der Waals surface area contributed by atoms with Gasteiger partial charge in [0.25, 0.3) is 0 Å². The molecule has 4 heteroatoms. The van der Waals surface area contributed by atoms with Gasteiger partial charge in [-0.3, -0.25) is 0 Å². The Kier molecular flexibility index (Phi) is 3.16. The molecule has 0 unspecified atom stereocenters. The molecular formula is C9H13N3S. The fourth-order valence-corrected chi connectivity index (χ4v) is 2.19. The van der Waals surface area contributed by atoms with E-state index >= 15 is 0 Å². The highest BCUT2D eigenvalue weighted by Gasteiger charge is 2.15. The smallest absolute Gasteiger partial charge is 0.116 e. The summed E-state index contributed by atoms with van der Waals surface area (Å²) in [5, 5.41) is 4.36. The summed E-state index contributed by atoms with van der Waals surface area (Å²) < 4.78 is 0. The molecule has 0 radical (unpaired) electrons. The van der Waals surface area contributed by atoms with Crippen LogP contribution in [0.4, 0.5) is 0 Å². The van der Waals surface area contributed by atoms with E-state index in [1.807, 2.05) is 17.8 Å². The molecule has 1 aromatic heterocycles. The normalized spacial score (nSPS) is 16.9. The van der Waals surface area contributed by atoms with Crippen molar-refractivity contribution in [3.05, 3.63) is 18.6 Å². The van der Waals surface area contributed by atoms with Crippen LogP contribution >= 0.6 is 11.8 Å². The van der Waals surface area contributed by atoms with E-state index in [9.17, 15) is 0 Å². The van der Waals surface area contributed by atoms with E-state index in [0.717, 1.165) is 10.9 Å². The molecule has 3 nitrogen and oxygen atoms in total. The van der Waals surface area contributed by atoms with Crippen LogP contribution in [-0.2, 0) is 0 Å². The number of aromatic nitrogens is 2. The Morgan fingerprint density at radius 2 is 2.46 bits per heavy atom. The maximum absolute atomic E-state index is 4.16. The third-order valence-electron chi connectivity index (χ3n) is 2.20. The van der Waals surface area contributed by atoms with E-state index < -0.39 is 0 Å². The SMILES string of the molecule is c1cc(SCCC2CNC2)ncn1. The second kappa shape index (κ2) is 4.58. The Morgan fingerprint density at radius 3 is 3.08 bits per heavy atom. The van der Waals surface area contributed by atoms with Crippen LogP contribution in [0, 0.1) is 5.92 Å². The average molecular weight is 195 g/mol. The van der Waals surface area contributed by atoms with Crippen molar-refractivity contribution >= 4 is 11.8 Å². The topological polar surface area (TPSA) is 37.8 Å². The van der Waals surface area contributed by atoms with E-state index in [1.165, 1.54) is 25.3 Å². The minimum absolute atomic E-state index is 0.898. The number of thioether (sulfide) groups is 1. The lowest BCUT2D eigenvalue weighted by atomic mass is 10.0. The fraction of sp³-hybridized carbons (Fsp3) is 0.556. The molecule has 1 saturated heterocycles. The summed E-state index contributed by atoms with van der Waals surface area (Å²) in [5.74, 6) is 2.07. The van der Waals surface area contributed by atoms with E-state index in [4.69, 9.17) is 0 Å². The monoisotopic (exact) mass is 195 g/mol. The Morgan fingerprint density at radius 1 is 1.54 bits per heavy atom. The van der Waals surface area contributed by atoms with Gasteiger partial charge in [0.1, 0.15) is 6.33 Å². The number of nitrogens with zero attached hydrogens (tertiary/aromatic N) is 2. The predicted octanol–water partition coefficient (Wildman–Crippen LogP) is 1.18. The lowest BCUT2D eigenvalue weighted by Crippen LogP contribution is -2.42. The maximum atomic E-state index is 4.16. The molecule has 0 spiro atoms. The molecule has 0 amide bonds. The molecule has 70 valence electrons. The van der Waals surface area contributed by atoms with Crippen molar-refractivity contribution in [1.29, 1.82) is 0 Å². The molecule has 0 aromatic carbocycles. The zero-order valence-corrected chi connectivity index (χ0v) is 8.26. The molecule has 1 N–H and O–H groups in total. The van der Waals surface area contributed by atoms with Crippen molar-refractivity contribution in [1.82, 2.24) is 15.3 Å². The summed E-state index contributed by atoms with van der Waals surface area (Å²) in [5.41, 5.74) is 0. The lowest BCUT2D eigenvalue weighted by molar-refractivity contribution is 0.341. The van der Waals surface area contributed by atoms with Gasteiger partial charge in [0.2, 0.25) is 0 Å². The molecule has 2 heterocycles. The van der Waals surface area contributed by atoms with Crippen molar-refractivity contribution in [2.45, 2.75) is 11.4 Å². The van der Waals surface area contributed by atoms with Crippen molar-refractivity contribution in [3.63, 3.8) is 0 Å². The van der Waals surface area contributed by atoms with Crippen molar-refractivity contribution in [2.24, 2.45) is 5.92 Å². The van der Waals surface area contributed by atoms with Gasteiger partial charge in [-0.1, -0.05) is 0 Å². The maximum Gasteiger partial charge on any atom is 0.116 e. The summed E-state index contributed by atoms with van der Waals surface area (Å²) in [4.78, 5) is 8.04. The summed E-state index contributed by atoms with van der Waals surface area (Å²) in [7, 11) is 0. The zero-order chi connectivity index (χ0) is 8.93. The van der Waals surface area contributed by atoms with Gasteiger partial charge in [-0.2, -0.15) is 0 Å². The molecule has 1 aliphatic rings. The van der Waals surface area contributed by atoms with Gasteiger partial charge in [-0.25, -0.2) is 9.97 Å². The van der Waals surface area contributed by atoms with Crippen LogP contribution in [0.25, 0.3) is 0 Å². The first-order chi connectivity index (χ1) is 6.45. The van der Waals surface area contributed by atoms with Gasteiger partial charge in [0, 0.05) is 6.20 Å². The zero-order valence-electron chi connectivity index (χ0n) is 7.44. The molecule has 1 aliphatic heterocycles. The van der Waals surface area contributed by atoms with Crippen LogP contribution in [0.3, 0.4) is 0 Å². The molecule has 2 rings (SSSR count). The Balaban J connectivity index is 1.67. The summed E-state index contributed by atoms with van der Waals surface area (Å²) in [6, 6.07) is 1.96. The van der Waals surface area contributed by atoms with E-state index in [0.29, 0.717) is 0 Å². The molecule has 0 aliphatic carbocycles. The fourth-order valence-electron chi connectivity index (χ4n) is 1.25. The van der Waals surface area contributed by atoms with Crippen molar-refractivity contribution in [3.8, 4) is 0 Å². The van der Waals surface area contributed by atoms with Gasteiger partial charge in [-0.15, -0.1) is 11.8 Å². The van der Waals surface area contributed by atoms with E-state index in [2.05, 4.69) is 15.3 Å². The summed E-state index contributed by atoms with van der Waals surface area (Å²) in [6.45, 7) is 2.40. The number of hydrogen-bond donors (Lipinski definition) is 1. The summed E-state index contributed by atoms with van der Waals surface area (Å²) in [6.07, 6.45) is 4.69. The number of hydrogen-bond acceptors (Lipinski definition) is 4. The lowest BCUT2D eigenvalue weighted by Gasteiger charge is -2.26. The molecule has 1 aromatic rings. The van der Waals surface area contributed by atoms with Crippen molar-refractivity contribution < 1.29 is 0 Å². The highest BCUT2D eigenvalue weighted by atomic mass is 32.2. The van der Waals surface area contributed by atoms with Crippen LogP contribution < -0.4 is 5.32 Å². The minimum Gasteiger partial charge on any atom is -0.316 e. The van der Waals surface area contributed by atoms with Gasteiger partial charge in [0.05, 0.1) is 5.03 Å².